The number of rotatable bonds is 11. The zero-order valence-corrected chi connectivity index (χ0v) is 20.3. The molecular formula is C22H28FN3O5S2. The number of hydrogen-bond acceptors (Lipinski definition) is 6. The van der Waals surface area contributed by atoms with Crippen molar-refractivity contribution in [1.29, 1.82) is 0 Å². The summed E-state index contributed by atoms with van der Waals surface area (Å²) in [6, 6.07) is 10.2. The second-order valence-electron chi connectivity index (χ2n) is 7.57. The summed E-state index contributed by atoms with van der Waals surface area (Å²) in [6.45, 7) is 4.09. The maximum absolute atomic E-state index is 14.0. The van der Waals surface area contributed by atoms with Gasteiger partial charge in [0.1, 0.15) is 16.8 Å². The van der Waals surface area contributed by atoms with Crippen molar-refractivity contribution in [2.45, 2.75) is 31.2 Å². The van der Waals surface area contributed by atoms with Gasteiger partial charge in [-0.2, -0.15) is 16.5 Å². The van der Waals surface area contributed by atoms with Crippen molar-refractivity contribution in [2.75, 3.05) is 29.2 Å². The van der Waals surface area contributed by atoms with E-state index in [0.29, 0.717) is 17.1 Å². The van der Waals surface area contributed by atoms with Gasteiger partial charge in [-0.15, -0.1) is 0 Å². The number of nitrogens with one attached hydrogen (secondary N) is 3. The highest BCUT2D eigenvalue weighted by molar-refractivity contribution is 7.98. The molecule has 180 valence electrons. The summed E-state index contributed by atoms with van der Waals surface area (Å²) in [5.41, 5.74) is 0.745. The van der Waals surface area contributed by atoms with Gasteiger partial charge < -0.3 is 10.1 Å². The Bertz CT molecular complexity index is 1060. The predicted molar refractivity (Wildman–Crippen MR) is 128 cm³/mol. The lowest BCUT2D eigenvalue weighted by molar-refractivity contribution is -0.117. The first kappa shape index (κ1) is 26.6. The van der Waals surface area contributed by atoms with Gasteiger partial charge in [0.25, 0.3) is 0 Å². The first-order valence-corrected chi connectivity index (χ1v) is 13.1. The summed E-state index contributed by atoms with van der Waals surface area (Å²) in [5, 5.41) is 5.21. The van der Waals surface area contributed by atoms with Crippen molar-refractivity contribution in [1.82, 2.24) is 4.72 Å². The van der Waals surface area contributed by atoms with Crippen LogP contribution in [0.4, 0.5) is 20.6 Å². The Hall–Kier alpha value is -2.63. The average Bonchev–Trinajstić information content (AvgIpc) is 2.75. The van der Waals surface area contributed by atoms with Crippen molar-refractivity contribution < 1.29 is 27.1 Å². The van der Waals surface area contributed by atoms with Gasteiger partial charge in [-0.3, -0.25) is 10.1 Å². The number of thioether (sulfide) groups is 1. The molecule has 33 heavy (non-hydrogen) atoms. The van der Waals surface area contributed by atoms with Crippen LogP contribution in [0.15, 0.2) is 53.4 Å². The molecule has 0 aliphatic carbocycles. The molecule has 0 radical (unpaired) electrons. The molecule has 3 N–H and O–H groups in total. The normalized spacial score (nSPS) is 12.3. The van der Waals surface area contributed by atoms with Gasteiger partial charge in [-0.1, -0.05) is 32.0 Å². The Balaban J connectivity index is 2.12. The molecule has 1 unspecified atom stereocenters. The Morgan fingerprint density at radius 1 is 1.06 bits per heavy atom. The molecule has 0 aliphatic heterocycles. The Kier molecular flexibility index (Phi) is 10.1. The summed E-state index contributed by atoms with van der Waals surface area (Å²) in [5.74, 6) is -0.824. The first-order valence-electron chi connectivity index (χ1n) is 10.2. The Morgan fingerprint density at radius 2 is 1.73 bits per heavy atom. The number of hydrogen-bond donors (Lipinski definition) is 3. The molecule has 0 spiro atoms. The molecule has 2 aromatic rings. The van der Waals surface area contributed by atoms with E-state index in [1.165, 1.54) is 30.0 Å². The smallest absolute Gasteiger partial charge is 0.411 e. The van der Waals surface area contributed by atoms with Gasteiger partial charge in [0.15, 0.2) is 0 Å². The lowest BCUT2D eigenvalue weighted by Gasteiger charge is -2.19. The van der Waals surface area contributed by atoms with Gasteiger partial charge in [-0.05, 0) is 54.7 Å². The number of carbonyl (C=O) groups excluding carboxylic acids is 2. The molecule has 2 amide bonds. The van der Waals surface area contributed by atoms with Gasteiger partial charge in [0.2, 0.25) is 15.9 Å². The van der Waals surface area contributed by atoms with Gasteiger partial charge in [0.05, 0.1) is 6.61 Å². The average molecular weight is 498 g/mol. The van der Waals surface area contributed by atoms with Crippen LogP contribution in [0.2, 0.25) is 0 Å². The number of halogens is 1. The molecule has 0 bridgehead atoms. The van der Waals surface area contributed by atoms with E-state index in [-0.39, 0.29) is 18.9 Å². The lowest BCUT2D eigenvalue weighted by Crippen LogP contribution is -2.44. The monoisotopic (exact) mass is 497 g/mol. The van der Waals surface area contributed by atoms with Gasteiger partial charge in [0, 0.05) is 11.4 Å². The van der Waals surface area contributed by atoms with E-state index in [1.54, 1.807) is 18.2 Å². The molecule has 0 aromatic heterocycles. The van der Waals surface area contributed by atoms with Crippen LogP contribution in [-0.4, -0.2) is 45.1 Å². The largest absolute Gasteiger partial charge is 0.449 e. The number of ether oxygens (including phenoxy) is 1. The number of sulfonamides is 1. The second-order valence-corrected chi connectivity index (χ2v) is 10.2. The third kappa shape index (κ3) is 8.67. The van der Waals surface area contributed by atoms with Crippen molar-refractivity contribution in [3.05, 3.63) is 54.3 Å². The quantitative estimate of drug-likeness (QED) is 0.431. The second kappa shape index (κ2) is 12.6. The topological polar surface area (TPSA) is 114 Å². The highest BCUT2D eigenvalue weighted by Gasteiger charge is 2.27. The van der Waals surface area contributed by atoms with E-state index in [4.69, 9.17) is 4.74 Å². The van der Waals surface area contributed by atoms with Gasteiger partial charge in [-0.25, -0.2) is 17.6 Å². The van der Waals surface area contributed by atoms with Crippen molar-refractivity contribution in [2.24, 2.45) is 5.92 Å². The Labute approximate surface area is 197 Å². The molecule has 0 fully saturated rings. The Morgan fingerprint density at radius 3 is 2.36 bits per heavy atom. The summed E-state index contributed by atoms with van der Waals surface area (Å²) < 4.78 is 46.7. The standard InChI is InChI=1S/C22H28FN3O5S2/c1-15(2)14-31-22(28)25-17-8-6-7-16(13-17)24-21(27)19(11-12-32-3)26-33(29,30)20-10-5-4-9-18(20)23/h4-10,13,15,19,26H,11-12,14H2,1-3H3,(H,24,27)(H,25,28). The summed E-state index contributed by atoms with van der Waals surface area (Å²) >= 11 is 1.44. The summed E-state index contributed by atoms with van der Waals surface area (Å²) in [6.07, 6.45) is 1.40. The SMILES string of the molecule is CSCCC(NS(=O)(=O)c1ccccc1F)C(=O)Nc1cccc(NC(=O)OCC(C)C)c1. The summed E-state index contributed by atoms with van der Waals surface area (Å²) in [4.78, 5) is 24.2. The number of benzene rings is 2. The minimum atomic E-state index is -4.26. The number of amides is 2. The van der Waals surface area contributed by atoms with Crippen molar-refractivity contribution in [3.8, 4) is 0 Å². The number of carbonyl (C=O) groups is 2. The van der Waals surface area contributed by atoms with Crippen molar-refractivity contribution in [3.63, 3.8) is 0 Å². The fraction of sp³-hybridized carbons (Fsp3) is 0.364. The molecule has 1 atom stereocenters. The van der Waals surface area contributed by atoms with Crippen LogP contribution in [-0.2, 0) is 19.6 Å². The summed E-state index contributed by atoms with van der Waals surface area (Å²) in [7, 11) is -4.26. The maximum Gasteiger partial charge on any atom is 0.411 e. The maximum atomic E-state index is 14.0. The zero-order chi connectivity index (χ0) is 24.4. The molecule has 0 aliphatic rings. The van der Waals surface area contributed by atoms with Crippen LogP contribution in [0.25, 0.3) is 0 Å². The van der Waals surface area contributed by atoms with Crippen LogP contribution < -0.4 is 15.4 Å². The number of anilines is 2. The van der Waals surface area contributed by atoms with Crippen LogP contribution >= 0.6 is 11.8 Å². The van der Waals surface area contributed by atoms with Crippen LogP contribution in [0.5, 0.6) is 0 Å². The third-order valence-electron chi connectivity index (χ3n) is 4.27. The van der Waals surface area contributed by atoms with Crippen molar-refractivity contribution >= 4 is 45.2 Å². The minimum absolute atomic E-state index is 0.188. The fourth-order valence-electron chi connectivity index (χ4n) is 2.69. The van der Waals surface area contributed by atoms with Crippen LogP contribution in [0, 0.1) is 11.7 Å². The molecule has 0 saturated heterocycles. The van der Waals surface area contributed by atoms with E-state index in [2.05, 4.69) is 15.4 Å². The highest BCUT2D eigenvalue weighted by Crippen LogP contribution is 2.18. The van der Waals surface area contributed by atoms with E-state index in [1.807, 2.05) is 20.1 Å². The highest BCUT2D eigenvalue weighted by atomic mass is 32.2. The van der Waals surface area contributed by atoms with Crippen LogP contribution in [0.3, 0.4) is 0 Å². The first-order chi connectivity index (χ1) is 15.6. The molecule has 2 rings (SSSR count). The van der Waals surface area contributed by atoms with E-state index < -0.39 is 38.8 Å². The molecule has 0 heterocycles. The minimum Gasteiger partial charge on any atom is -0.449 e. The third-order valence-corrected chi connectivity index (χ3v) is 6.42. The molecule has 2 aromatic carbocycles. The lowest BCUT2D eigenvalue weighted by atomic mass is 10.2. The molecule has 8 nitrogen and oxygen atoms in total. The zero-order valence-electron chi connectivity index (χ0n) is 18.6. The fourth-order valence-corrected chi connectivity index (χ4v) is 4.47. The molecular weight excluding hydrogens is 469 g/mol. The van der Waals surface area contributed by atoms with E-state index in [9.17, 15) is 22.4 Å². The molecule has 0 saturated carbocycles. The van der Waals surface area contributed by atoms with E-state index in [0.717, 1.165) is 12.1 Å². The molecule has 11 heteroatoms. The van der Waals surface area contributed by atoms with E-state index >= 15 is 0 Å². The van der Waals surface area contributed by atoms with Gasteiger partial charge >= 0.3 is 6.09 Å². The van der Waals surface area contributed by atoms with Crippen LogP contribution in [0.1, 0.15) is 20.3 Å². The predicted octanol–water partition coefficient (Wildman–Crippen LogP) is 4.07.